The lowest BCUT2D eigenvalue weighted by molar-refractivity contribution is -0.130. The van der Waals surface area contributed by atoms with Crippen molar-refractivity contribution < 1.29 is 14.0 Å². The van der Waals surface area contributed by atoms with E-state index in [2.05, 4.69) is 21.0 Å². The lowest BCUT2D eigenvalue weighted by atomic mass is 9.95. The first-order valence-corrected chi connectivity index (χ1v) is 9.53. The molecule has 1 aliphatic rings. The smallest absolute Gasteiger partial charge is 0.230 e. The number of halogens is 2. The number of aromatic nitrogens is 2. The summed E-state index contributed by atoms with van der Waals surface area (Å²) in [5.41, 5.74) is 0.800. The zero-order valence-electron chi connectivity index (χ0n) is 15.9. The van der Waals surface area contributed by atoms with Crippen LogP contribution in [0.3, 0.4) is 0 Å². The van der Waals surface area contributed by atoms with Gasteiger partial charge in [0.25, 0.3) is 0 Å². The van der Waals surface area contributed by atoms with Crippen molar-refractivity contribution in [2.45, 2.75) is 45.9 Å². The van der Waals surface area contributed by atoms with Gasteiger partial charge in [0.2, 0.25) is 11.8 Å². The second-order valence-corrected chi connectivity index (χ2v) is 7.33. The topological polar surface area (TPSA) is 88.1 Å². The molecule has 0 radical (unpaired) electrons. The number of nitrogens with one attached hydrogen (secondary N) is 3. The van der Waals surface area contributed by atoms with Crippen molar-refractivity contribution in [3.63, 3.8) is 0 Å². The molecule has 1 saturated heterocycles. The van der Waals surface area contributed by atoms with Gasteiger partial charge in [-0.15, -0.1) is 0 Å². The van der Waals surface area contributed by atoms with Crippen molar-refractivity contribution in [3.8, 4) is 0 Å². The van der Waals surface area contributed by atoms with Crippen molar-refractivity contribution in [1.82, 2.24) is 20.4 Å². The summed E-state index contributed by atoms with van der Waals surface area (Å²) in [6.45, 7) is 5.68. The van der Waals surface area contributed by atoms with E-state index in [1.807, 2.05) is 13.8 Å². The van der Waals surface area contributed by atoms with E-state index in [-0.39, 0.29) is 34.9 Å². The fourth-order valence-electron chi connectivity index (χ4n) is 3.40. The van der Waals surface area contributed by atoms with Gasteiger partial charge >= 0.3 is 0 Å². The first-order valence-electron chi connectivity index (χ1n) is 9.15. The van der Waals surface area contributed by atoms with Gasteiger partial charge in [-0.3, -0.25) is 14.9 Å². The standard InChI is InChI=1S/C19H23ClFN5O2/c1-4-12-11(3)22-19(24-18(12)28)26-16(8-10(2)25-26)23-17(27)9-13-14(20)6-5-7-15(13)21/h5-8,11-12,19,22H,4,9H2,1-3H3,(H,23,27)(H,24,28). The van der Waals surface area contributed by atoms with Crippen molar-refractivity contribution in [3.05, 3.63) is 46.4 Å². The zero-order valence-corrected chi connectivity index (χ0v) is 16.7. The Morgan fingerprint density at radius 2 is 2.18 bits per heavy atom. The molecule has 28 heavy (non-hydrogen) atoms. The Balaban J connectivity index is 1.77. The fourth-order valence-corrected chi connectivity index (χ4v) is 3.63. The predicted octanol–water partition coefficient (Wildman–Crippen LogP) is 2.76. The molecule has 0 saturated carbocycles. The maximum atomic E-state index is 13.9. The van der Waals surface area contributed by atoms with Crippen LogP contribution in [0.15, 0.2) is 24.3 Å². The summed E-state index contributed by atoms with van der Waals surface area (Å²) in [4.78, 5) is 24.8. The molecule has 1 fully saturated rings. The van der Waals surface area contributed by atoms with E-state index < -0.39 is 18.0 Å². The van der Waals surface area contributed by atoms with E-state index in [9.17, 15) is 14.0 Å². The molecule has 0 spiro atoms. The van der Waals surface area contributed by atoms with Crippen molar-refractivity contribution in [2.24, 2.45) is 5.92 Å². The Morgan fingerprint density at radius 1 is 1.43 bits per heavy atom. The molecule has 2 amide bonds. The molecule has 0 aliphatic carbocycles. The average molecular weight is 408 g/mol. The van der Waals surface area contributed by atoms with Crippen LogP contribution in [0.4, 0.5) is 10.2 Å². The van der Waals surface area contributed by atoms with Gasteiger partial charge in [-0.1, -0.05) is 24.6 Å². The van der Waals surface area contributed by atoms with Crippen LogP contribution in [0.2, 0.25) is 5.02 Å². The molecule has 3 rings (SSSR count). The maximum Gasteiger partial charge on any atom is 0.230 e. The molecule has 2 aromatic rings. The molecule has 150 valence electrons. The molecular weight excluding hydrogens is 385 g/mol. The summed E-state index contributed by atoms with van der Waals surface area (Å²) >= 11 is 6.00. The quantitative estimate of drug-likeness (QED) is 0.711. The number of carbonyl (C=O) groups excluding carboxylic acids is 2. The van der Waals surface area contributed by atoms with Gasteiger partial charge in [-0.2, -0.15) is 5.10 Å². The zero-order chi connectivity index (χ0) is 20.4. The van der Waals surface area contributed by atoms with E-state index in [4.69, 9.17) is 11.6 Å². The summed E-state index contributed by atoms with van der Waals surface area (Å²) in [5.74, 6) is -0.769. The van der Waals surface area contributed by atoms with Crippen molar-refractivity contribution in [1.29, 1.82) is 0 Å². The van der Waals surface area contributed by atoms with Gasteiger partial charge < -0.3 is 10.6 Å². The van der Waals surface area contributed by atoms with Gasteiger partial charge in [0.05, 0.1) is 18.0 Å². The second kappa shape index (κ2) is 8.28. The molecule has 9 heteroatoms. The lowest BCUT2D eigenvalue weighted by Gasteiger charge is -2.35. The summed E-state index contributed by atoms with van der Waals surface area (Å²) in [6.07, 6.45) is -0.0850. The van der Waals surface area contributed by atoms with Gasteiger partial charge in [0.15, 0.2) is 6.29 Å². The van der Waals surface area contributed by atoms with Gasteiger partial charge in [0.1, 0.15) is 11.6 Å². The van der Waals surface area contributed by atoms with Crippen LogP contribution in [-0.2, 0) is 16.0 Å². The highest BCUT2D eigenvalue weighted by Gasteiger charge is 2.34. The fraction of sp³-hybridized carbons (Fsp3) is 0.421. The predicted molar refractivity (Wildman–Crippen MR) is 104 cm³/mol. The van der Waals surface area contributed by atoms with Gasteiger partial charge in [-0.05, 0) is 32.4 Å². The monoisotopic (exact) mass is 407 g/mol. The van der Waals surface area contributed by atoms with Crippen LogP contribution in [0, 0.1) is 18.7 Å². The molecule has 3 unspecified atom stereocenters. The van der Waals surface area contributed by atoms with Gasteiger partial charge in [0, 0.05) is 22.7 Å². The van der Waals surface area contributed by atoms with E-state index in [1.165, 1.54) is 22.9 Å². The van der Waals surface area contributed by atoms with E-state index in [0.29, 0.717) is 11.5 Å². The molecule has 0 bridgehead atoms. The van der Waals surface area contributed by atoms with E-state index in [1.54, 1.807) is 13.0 Å². The minimum absolute atomic E-state index is 0.0472. The molecule has 2 heterocycles. The molecule has 3 N–H and O–H groups in total. The third kappa shape index (κ3) is 4.18. The summed E-state index contributed by atoms with van der Waals surface area (Å²) in [6, 6.07) is 5.92. The Hall–Kier alpha value is -2.45. The summed E-state index contributed by atoms with van der Waals surface area (Å²) in [5, 5.41) is 13.5. The van der Waals surface area contributed by atoms with E-state index >= 15 is 0 Å². The summed E-state index contributed by atoms with van der Waals surface area (Å²) in [7, 11) is 0. The molecule has 1 aromatic carbocycles. The third-order valence-corrected chi connectivity index (χ3v) is 5.20. The minimum Gasteiger partial charge on any atom is -0.322 e. The third-order valence-electron chi connectivity index (χ3n) is 4.85. The van der Waals surface area contributed by atoms with Crippen LogP contribution in [0.25, 0.3) is 0 Å². The lowest BCUT2D eigenvalue weighted by Crippen LogP contribution is -2.57. The molecular formula is C19H23ClFN5O2. The Bertz CT molecular complexity index is 880. The molecule has 7 nitrogen and oxygen atoms in total. The number of rotatable bonds is 5. The van der Waals surface area contributed by atoms with Gasteiger partial charge in [-0.25, -0.2) is 9.07 Å². The number of nitrogens with zero attached hydrogens (tertiary/aromatic N) is 2. The maximum absolute atomic E-state index is 13.9. The van der Waals surface area contributed by atoms with Crippen LogP contribution in [-0.4, -0.2) is 27.6 Å². The number of carbonyl (C=O) groups is 2. The number of benzene rings is 1. The molecule has 1 aromatic heterocycles. The number of hydrogen-bond acceptors (Lipinski definition) is 4. The highest BCUT2D eigenvalue weighted by atomic mass is 35.5. The summed E-state index contributed by atoms with van der Waals surface area (Å²) < 4.78 is 15.5. The van der Waals surface area contributed by atoms with E-state index in [0.717, 1.165) is 6.42 Å². The van der Waals surface area contributed by atoms with Crippen molar-refractivity contribution in [2.75, 3.05) is 5.32 Å². The Labute approximate surface area is 167 Å². The number of anilines is 1. The SMILES string of the molecule is CCC1C(=O)NC(n2nc(C)cc2NC(=O)Cc2c(F)cccc2Cl)NC1C. The number of amides is 2. The van der Waals surface area contributed by atoms with Crippen LogP contribution < -0.4 is 16.0 Å². The van der Waals surface area contributed by atoms with Crippen LogP contribution in [0.5, 0.6) is 0 Å². The van der Waals surface area contributed by atoms with Crippen LogP contribution >= 0.6 is 11.6 Å². The highest BCUT2D eigenvalue weighted by Crippen LogP contribution is 2.23. The number of hydrogen-bond donors (Lipinski definition) is 3. The Morgan fingerprint density at radius 3 is 2.82 bits per heavy atom. The second-order valence-electron chi connectivity index (χ2n) is 6.92. The first-order chi connectivity index (χ1) is 13.3. The number of aryl methyl sites for hydroxylation is 1. The first kappa shape index (κ1) is 20.3. The minimum atomic E-state index is -0.591. The molecule has 1 aliphatic heterocycles. The largest absolute Gasteiger partial charge is 0.322 e. The Kier molecular flexibility index (Phi) is 6.00. The average Bonchev–Trinajstić information content (AvgIpc) is 2.98. The molecule has 3 atom stereocenters. The van der Waals surface area contributed by atoms with Crippen molar-refractivity contribution >= 4 is 29.2 Å². The van der Waals surface area contributed by atoms with Crippen LogP contribution in [0.1, 0.15) is 37.8 Å². The normalized spacial score (nSPS) is 22.0. The highest BCUT2D eigenvalue weighted by molar-refractivity contribution is 6.31.